The molecule has 1 amide bonds. The van der Waals surface area contributed by atoms with Gasteiger partial charge in [-0.25, -0.2) is 0 Å². The van der Waals surface area contributed by atoms with E-state index in [0.29, 0.717) is 24.9 Å². The summed E-state index contributed by atoms with van der Waals surface area (Å²) in [6.45, 7) is 5.97. The Morgan fingerprint density at radius 2 is 2.00 bits per heavy atom. The Bertz CT molecular complexity index is 1110. The molecule has 1 aromatic heterocycles. The Hall–Kier alpha value is -3.41. The minimum Gasteiger partial charge on any atom is -0.488 e. The first-order valence-electron chi connectivity index (χ1n) is 10.6. The van der Waals surface area contributed by atoms with Crippen molar-refractivity contribution in [3.63, 3.8) is 0 Å². The molecule has 0 radical (unpaired) electrons. The van der Waals surface area contributed by atoms with Gasteiger partial charge in [-0.1, -0.05) is 30.3 Å². The lowest BCUT2D eigenvalue weighted by Crippen LogP contribution is -2.34. The monoisotopic (exact) mass is 417 g/mol. The predicted octanol–water partition coefficient (Wildman–Crippen LogP) is 3.95. The van der Waals surface area contributed by atoms with Gasteiger partial charge in [-0.2, -0.15) is 5.10 Å². The van der Waals surface area contributed by atoms with Crippen molar-refractivity contribution in [3.8, 4) is 16.9 Å². The molecule has 0 aliphatic carbocycles. The van der Waals surface area contributed by atoms with Crippen LogP contribution in [-0.4, -0.2) is 34.5 Å². The number of Topliss-reactive ketones (excluding diaryl/α,β-unsaturated/α-hetero) is 1. The number of carbonyl (C=O) groups is 2. The fourth-order valence-corrected chi connectivity index (χ4v) is 4.14. The third-order valence-corrected chi connectivity index (χ3v) is 5.83. The van der Waals surface area contributed by atoms with E-state index in [1.807, 2.05) is 50.2 Å². The van der Waals surface area contributed by atoms with Crippen molar-refractivity contribution in [1.82, 2.24) is 15.5 Å². The van der Waals surface area contributed by atoms with E-state index in [0.717, 1.165) is 45.8 Å². The summed E-state index contributed by atoms with van der Waals surface area (Å²) in [7, 11) is 0. The molecule has 1 aliphatic heterocycles. The van der Waals surface area contributed by atoms with Gasteiger partial charge in [0.1, 0.15) is 11.9 Å². The zero-order valence-corrected chi connectivity index (χ0v) is 18.1. The summed E-state index contributed by atoms with van der Waals surface area (Å²) in [5.41, 5.74) is 6.82. The van der Waals surface area contributed by atoms with E-state index in [4.69, 9.17) is 4.74 Å². The number of aromatic amines is 1. The van der Waals surface area contributed by atoms with E-state index >= 15 is 0 Å². The molecule has 0 bridgehead atoms. The first kappa shape index (κ1) is 20.8. The smallest absolute Gasteiger partial charge is 0.220 e. The van der Waals surface area contributed by atoms with E-state index < -0.39 is 0 Å². The van der Waals surface area contributed by atoms with E-state index in [9.17, 15) is 9.59 Å². The van der Waals surface area contributed by atoms with Gasteiger partial charge >= 0.3 is 0 Å². The Kier molecular flexibility index (Phi) is 5.89. The van der Waals surface area contributed by atoms with E-state index in [2.05, 4.69) is 21.6 Å². The Morgan fingerprint density at radius 3 is 2.74 bits per heavy atom. The summed E-state index contributed by atoms with van der Waals surface area (Å²) in [6.07, 6.45) is 1.73. The summed E-state index contributed by atoms with van der Waals surface area (Å²) in [5.74, 6) is 0.900. The van der Waals surface area contributed by atoms with Crippen molar-refractivity contribution >= 4 is 11.7 Å². The number of hydrogen-bond donors (Lipinski definition) is 2. The quantitative estimate of drug-likeness (QED) is 0.570. The average Bonchev–Trinajstić information content (AvgIpc) is 3.32. The Morgan fingerprint density at radius 1 is 1.19 bits per heavy atom. The molecule has 2 aromatic carbocycles. The van der Waals surface area contributed by atoms with Gasteiger partial charge in [-0.15, -0.1) is 0 Å². The van der Waals surface area contributed by atoms with Crippen LogP contribution in [0.25, 0.3) is 11.1 Å². The molecule has 6 heteroatoms. The summed E-state index contributed by atoms with van der Waals surface area (Å²) in [5, 5.41) is 10.1. The molecule has 2 heterocycles. The maximum absolute atomic E-state index is 12.3. The third-order valence-electron chi connectivity index (χ3n) is 5.83. The van der Waals surface area contributed by atoms with Crippen molar-refractivity contribution in [2.24, 2.45) is 0 Å². The number of hydrogen-bond acceptors (Lipinski definition) is 4. The molecule has 2 N–H and O–H groups in total. The first-order valence-corrected chi connectivity index (χ1v) is 10.6. The second kappa shape index (κ2) is 8.76. The molecule has 3 aromatic rings. The number of carbonyl (C=O) groups excluding carboxylic acids is 2. The van der Waals surface area contributed by atoms with Crippen LogP contribution in [0.5, 0.6) is 5.75 Å². The minimum atomic E-state index is -0.0883. The lowest BCUT2D eigenvalue weighted by molar-refractivity contribution is -0.121. The number of aromatic nitrogens is 2. The number of aryl methyl sites for hydroxylation is 2. The third kappa shape index (κ3) is 4.53. The van der Waals surface area contributed by atoms with Crippen LogP contribution in [0.2, 0.25) is 0 Å². The number of H-pyrrole nitrogens is 1. The number of fused-ring (bicyclic) bond motifs is 1. The fraction of sp³-hybridized carbons (Fsp3) is 0.320. The number of benzene rings is 2. The largest absolute Gasteiger partial charge is 0.488 e. The van der Waals surface area contributed by atoms with Crippen LogP contribution in [0.4, 0.5) is 0 Å². The lowest BCUT2D eigenvalue weighted by Gasteiger charge is -2.12. The van der Waals surface area contributed by atoms with Crippen LogP contribution in [0.15, 0.2) is 42.5 Å². The van der Waals surface area contributed by atoms with Crippen LogP contribution in [0, 0.1) is 13.8 Å². The molecule has 0 spiro atoms. The maximum Gasteiger partial charge on any atom is 0.220 e. The molecule has 1 atom stereocenters. The van der Waals surface area contributed by atoms with Gasteiger partial charge in [0.25, 0.3) is 0 Å². The van der Waals surface area contributed by atoms with E-state index in [1.54, 1.807) is 6.92 Å². The van der Waals surface area contributed by atoms with Gasteiger partial charge in [0.2, 0.25) is 5.91 Å². The van der Waals surface area contributed by atoms with Crippen LogP contribution < -0.4 is 10.1 Å². The highest BCUT2D eigenvalue weighted by Gasteiger charge is 2.24. The normalized spacial score (nSPS) is 14.7. The van der Waals surface area contributed by atoms with Gasteiger partial charge in [0, 0.05) is 24.1 Å². The first-order chi connectivity index (χ1) is 14.9. The second-order valence-electron chi connectivity index (χ2n) is 8.08. The van der Waals surface area contributed by atoms with Gasteiger partial charge in [-0.3, -0.25) is 14.7 Å². The van der Waals surface area contributed by atoms with Crippen molar-refractivity contribution in [2.75, 3.05) is 6.54 Å². The van der Waals surface area contributed by atoms with Crippen LogP contribution in [0.1, 0.15) is 46.2 Å². The second-order valence-corrected chi connectivity index (χ2v) is 8.08. The summed E-state index contributed by atoms with van der Waals surface area (Å²) >= 11 is 0. The summed E-state index contributed by atoms with van der Waals surface area (Å²) < 4.78 is 6.02. The van der Waals surface area contributed by atoms with E-state index in [1.165, 1.54) is 0 Å². The number of ether oxygens (including phenoxy) is 1. The minimum absolute atomic E-state index is 0.00984. The lowest BCUT2D eigenvalue weighted by atomic mass is 9.95. The molecule has 1 unspecified atom stereocenters. The Labute approximate surface area is 182 Å². The summed E-state index contributed by atoms with van der Waals surface area (Å²) in [6, 6.07) is 13.7. The van der Waals surface area contributed by atoms with E-state index in [-0.39, 0.29) is 17.8 Å². The molecule has 0 saturated carbocycles. The highest BCUT2D eigenvalue weighted by atomic mass is 16.5. The molecule has 6 nitrogen and oxygen atoms in total. The number of nitrogens with zero attached hydrogens (tertiary/aromatic N) is 1. The number of amides is 1. The Balaban J connectivity index is 1.35. The highest BCUT2D eigenvalue weighted by Crippen LogP contribution is 2.34. The van der Waals surface area contributed by atoms with Gasteiger partial charge in [0.05, 0.1) is 12.2 Å². The molecule has 31 heavy (non-hydrogen) atoms. The molecular weight excluding hydrogens is 390 g/mol. The molecule has 0 saturated heterocycles. The molecule has 1 aliphatic rings. The number of ketones is 1. The highest BCUT2D eigenvalue weighted by molar-refractivity contribution is 6.00. The molecular formula is C25H27N3O3. The van der Waals surface area contributed by atoms with Crippen LogP contribution >= 0.6 is 0 Å². The SMILES string of the molecule is CC(=O)c1ccccc1-c1ccc2c(c1)CC(CNC(=O)CCc1c(C)n[nH]c1C)O2. The van der Waals surface area contributed by atoms with Crippen molar-refractivity contribution < 1.29 is 14.3 Å². The predicted molar refractivity (Wildman–Crippen MR) is 119 cm³/mol. The average molecular weight is 418 g/mol. The van der Waals surface area contributed by atoms with Gasteiger partial charge in [0.15, 0.2) is 5.78 Å². The standard InChI is InChI=1S/C25H27N3O3/c1-15-21(16(2)28-27-15)9-11-25(30)26-14-20-13-19-12-18(8-10-24(19)31-20)23-7-5-4-6-22(23)17(3)29/h4-8,10,12,20H,9,11,13-14H2,1-3H3,(H,26,30)(H,27,28). The van der Waals surface area contributed by atoms with Crippen molar-refractivity contribution in [3.05, 3.63) is 70.5 Å². The fourth-order valence-electron chi connectivity index (χ4n) is 4.14. The van der Waals surface area contributed by atoms with Crippen molar-refractivity contribution in [2.45, 2.75) is 46.1 Å². The van der Waals surface area contributed by atoms with Gasteiger partial charge in [-0.05, 0) is 61.6 Å². The van der Waals surface area contributed by atoms with Crippen molar-refractivity contribution in [1.29, 1.82) is 0 Å². The summed E-state index contributed by atoms with van der Waals surface area (Å²) in [4.78, 5) is 24.3. The molecule has 4 rings (SSSR count). The molecule has 0 fully saturated rings. The molecule has 160 valence electrons. The maximum atomic E-state index is 12.3. The zero-order valence-electron chi connectivity index (χ0n) is 18.1. The number of rotatable bonds is 7. The number of nitrogens with one attached hydrogen (secondary N) is 2. The van der Waals surface area contributed by atoms with Crippen LogP contribution in [0.3, 0.4) is 0 Å². The van der Waals surface area contributed by atoms with Crippen LogP contribution in [-0.2, 0) is 17.6 Å². The topological polar surface area (TPSA) is 84.1 Å². The van der Waals surface area contributed by atoms with Gasteiger partial charge < -0.3 is 10.1 Å². The zero-order chi connectivity index (χ0) is 22.0.